The summed E-state index contributed by atoms with van der Waals surface area (Å²) in [6, 6.07) is 10.2. The van der Waals surface area contributed by atoms with Crippen LogP contribution in [-0.2, 0) is 21.4 Å². The fraction of sp³-hybridized carbons (Fsp3) is 0.400. The lowest BCUT2D eigenvalue weighted by molar-refractivity contribution is -0.129. The smallest absolute Gasteiger partial charge is 0.256 e. The molecule has 2 aliphatic heterocycles. The van der Waals surface area contributed by atoms with Gasteiger partial charge in [0.2, 0.25) is 0 Å². The van der Waals surface area contributed by atoms with Crippen molar-refractivity contribution in [3.05, 3.63) is 59.8 Å². The van der Waals surface area contributed by atoms with Crippen LogP contribution in [0, 0.1) is 5.92 Å². The second-order valence-electron chi connectivity index (χ2n) is 7.34. The van der Waals surface area contributed by atoms with Crippen LogP contribution in [-0.4, -0.2) is 48.3 Å². The van der Waals surface area contributed by atoms with Gasteiger partial charge >= 0.3 is 0 Å². The van der Waals surface area contributed by atoms with Crippen LogP contribution in [0.1, 0.15) is 25.3 Å². The summed E-state index contributed by atoms with van der Waals surface area (Å²) in [5.41, 5.74) is 1.67. The first-order chi connectivity index (χ1) is 12.9. The maximum Gasteiger partial charge on any atom is 0.256 e. The summed E-state index contributed by atoms with van der Waals surface area (Å²) >= 11 is 0. The van der Waals surface area contributed by atoms with E-state index in [1.807, 2.05) is 35.2 Å². The molecular weight excluding hydrogens is 362 g/mol. The maximum atomic E-state index is 13.3. The molecule has 1 fully saturated rings. The van der Waals surface area contributed by atoms with Gasteiger partial charge in [-0.15, -0.1) is 4.40 Å². The summed E-state index contributed by atoms with van der Waals surface area (Å²) in [7, 11) is -3.39. The van der Waals surface area contributed by atoms with Crippen LogP contribution < -0.4 is 0 Å². The lowest BCUT2D eigenvalue weighted by Gasteiger charge is -2.32. The Morgan fingerprint density at radius 3 is 2.70 bits per heavy atom. The standard InChI is InChI=1S/C20H23N3O3S/c1-15(17-7-8-17)23(13-16-5-3-2-4-6-16)20(24)18-9-10-19-21-27(25,26)12-11-22(19)14-18/h2-6,9-10,14-15,17H,7-8,11-13H2,1H3. The third kappa shape index (κ3) is 3.98. The third-order valence-corrected chi connectivity index (χ3v) is 6.49. The maximum absolute atomic E-state index is 13.3. The second-order valence-corrected chi connectivity index (χ2v) is 9.10. The van der Waals surface area contributed by atoms with E-state index in [1.54, 1.807) is 23.3 Å². The number of nitrogens with zero attached hydrogens (tertiary/aromatic N) is 3. The Hall–Kier alpha value is -2.41. The molecule has 4 rings (SSSR count). The highest BCUT2D eigenvalue weighted by atomic mass is 32.2. The molecule has 1 aromatic carbocycles. The van der Waals surface area contributed by atoms with Crippen molar-refractivity contribution in [2.45, 2.75) is 32.4 Å². The van der Waals surface area contributed by atoms with Crippen molar-refractivity contribution in [2.75, 3.05) is 12.3 Å². The summed E-state index contributed by atoms with van der Waals surface area (Å²) < 4.78 is 27.1. The van der Waals surface area contributed by atoms with Crippen molar-refractivity contribution in [1.29, 1.82) is 0 Å². The van der Waals surface area contributed by atoms with Gasteiger partial charge in [0.15, 0.2) is 0 Å². The lowest BCUT2D eigenvalue weighted by atomic mass is 10.1. The van der Waals surface area contributed by atoms with Gasteiger partial charge in [-0.1, -0.05) is 30.3 Å². The quantitative estimate of drug-likeness (QED) is 0.780. The Kier molecular flexibility index (Phi) is 4.63. The number of rotatable bonds is 5. The van der Waals surface area contributed by atoms with Crippen molar-refractivity contribution < 1.29 is 13.2 Å². The number of hydrogen-bond donors (Lipinski definition) is 0. The molecule has 27 heavy (non-hydrogen) atoms. The molecule has 142 valence electrons. The molecule has 1 saturated carbocycles. The molecule has 0 radical (unpaired) electrons. The van der Waals surface area contributed by atoms with Crippen molar-refractivity contribution in [1.82, 2.24) is 9.80 Å². The molecule has 1 aliphatic carbocycles. The van der Waals surface area contributed by atoms with E-state index >= 15 is 0 Å². The number of benzene rings is 1. The van der Waals surface area contributed by atoms with Gasteiger partial charge in [0, 0.05) is 25.3 Å². The molecule has 1 unspecified atom stereocenters. The molecule has 1 atom stereocenters. The summed E-state index contributed by atoms with van der Waals surface area (Å²) in [6.45, 7) is 3.00. The highest BCUT2D eigenvalue weighted by molar-refractivity contribution is 7.90. The van der Waals surface area contributed by atoms with Crippen LogP contribution in [0.15, 0.2) is 58.7 Å². The van der Waals surface area contributed by atoms with E-state index < -0.39 is 10.0 Å². The van der Waals surface area contributed by atoms with Crippen LogP contribution in [0.3, 0.4) is 0 Å². The van der Waals surface area contributed by atoms with E-state index in [4.69, 9.17) is 0 Å². The van der Waals surface area contributed by atoms with Gasteiger partial charge in [-0.2, -0.15) is 0 Å². The van der Waals surface area contributed by atoms with Gasteiger partial charge in [-0.05, 0) is 43.4 Å². The van der Waals surface area contributed by atoms with Crippen molar-refractivity contribution in [3.8, 4) is 0 Å². The van der Waals surface area contributed by atoms with E-state index in [0.29, 0.717) is 30.4 Å². The molecule has 6 nitrogen and oxygen atoms in total. The molecule has 7 heteroatoms. The zero-order valence-corrected chi connectivity index (χ0v) is 16.1. The van der Waals surface area contributed by atoms with E-state index in [1.165, 1.54) is 0 Å². The summed E-state index contributed by atoms with van der Waals surface area (Å²) in [5.74, 6) is 0.877. The van der Waals surface area contributed by atoms with Gasteiger partial charge < -0.3 is 9.80 Å². The SMILES string of the molecule is CC(C1CC1)N(Cc1ccccc1)C(=O)C1=CN2CCS(=O)(=O)N=C2C=C1. The monoisotopic (exact) mass is 385 g/mol. The fourth-order valence-corrected chi connectivity index (χ4v) is 4.48. The van der Waals surface area contributed by atoms with Crippen LogP contribution in [0.25, 0.3) is 0 Å². The van der Waals surface area contributed by atoms with Crippen LogP contribution in [0.2, 0.25) is 0 Å². The molecule has 1 amide bonds. The Morgan fingerprint density at radius 1 is 1.26 bits per heavy atom. The average Bonchev–Trinajstić information content (AvgIpc) is 3.50. The minimum atomic E-state index is -3.39. The van der Waals surface area contributed by atoms with Crippen LogP contribution in [0.5, 0.6) is 0 Å². The van der Waals surface area contributed by atoms with E-state index in [9.17, 15) is 13.2 Å². The number of fused-ring (bicyclic) bond motifs is 1. The number of amidine groups is 1. The van der Waals surface area contributed by atoms with E-state index in [2.05, 4.69) is 11.3 Å². The predicted molar refractivity (Wildman–Crippen MR) is 104 cm³/mol. The number of carbonyl (C=O) groups is 1. The van der Waals surface area contributed by atoms with Crippen molar-refractivity contribution in [2.24, 2.45) is 10.3 Å². The normalized spacial score (nSPS) is 21.7. The molecule has 0 spiro atoms. The van der Waals surface area contributed by atoms with Gasteiger partial charge in [0.05, 0.1) is 11.3 Å². The molecule has 1 aromatic rings. The zero-order chi connectivity index (χ0) is 19.0. The van der Waals surface area contributed by atoms with E-state index in [-0.39, 0.29) is 17.7 Å². The Balaban J connectivity index is 1.58. The number of amides is 1. The first kappa shape index (κ1) is 18.0. The second kappa shape index (κ2) is 6.96. The molecular formula is C20H23N3O3S. The molecule has 0 N–H and O–H groups in total. The molecule has 0 saturated heterocycles. The van der Waals surface area contributed by atoms with Crippen molar-refractivity contribution >= 4 is 21.8 Å². The number of carbonyl (C=O) groups excluding carboxylic acids is 1. The number of hydrogen-bond acceptors (Lipinski definition) is 4. The first-order valence-electron chi connectivity index (χ1n) is 9.27. The summed E-state index contributed by atoms with van der Waals surface area (Å²) in [5, 5.41) is 0. The fourth-order valence-electron chi connectivity index (χ4n) is 3.51. The van der Waals surface area contributed by atoms with Gasteiger partial charge in [-0.25, -0.2) is 8.42 Å². The number of sulfonamides is 1. The van der Waals surface area contributed by atoms with Crippen LogP contribution >= 0.6 is 0 Å². The molecule has 0 bridgehead atoms. The first-order valence-corrected chi connectivity index (χ1v) is 10.9. The zero-order valence-electron chi connectivity index (χ0n) is 15.3. The van der Waals surface area contributed by atoms with Crippen LogP contribution in [0.4, 0.5) is 0 Å². The minimum absolute atomic E-state index is 0.0259. The molecule has 2 heterocycles. The van der Waals surface area contributed by atoms with Gasteiger partial charge in [0.1, 0.15) is 5.84 Å². The molecule has 0 aromatic heterocycles. The third-order valence-electron chi connectivity index (χ3n) is 5.32. The van der Waals surface area contributed by atoms with E-state index in [0.717, 1.165) is 18.4 Å². The van der Waals surface area contributed by atoms with Gasteiger partial charge in [-0.3, -0.25) is 4.79 Å². The van der Waals surface area contributed by atoms with Gasteiger partial charge in [0.25, 0.3) is 15.9 Å². The predicted octanol–water partition coefficient (Wildman–Crippen LogP) is 2.31. The Morgan fingerprint density at radius 2 is 2.00 bits per heavy atom. The largest absolute Gasteiger partial charge is 0.331 e. The highest BCUT2D eigenvalue weighted by Crippen LogP contribution is 2.36. The Labute approximate surface area is 159 Å². The minimum Gasteiger partial charge on any atom is -0.331 e. The highest BCUT2D eigenvalue weighted by Gasteiger charge is 2.35. The molecule has 3 aliphatic rings. The Bertz CT molecular complexity index is 930. The topological polar surface area (TPSA) is 70.1 Å². The average molecular weight is 385 g/mol. The summed E-state index contributed by atoms with van der Waals surface area (Å²) in [6.07, 6.45) is 7.35. The lowest BCUT2D eigenvalue weighted by Crippen LogP contribution is -2.42. The van der Waals surface area contributed by atoms with Crippen molar-refractivity contribution in [3.63, 3.8) is 0 Å². The summed E-state index contributed by atoms with van der Waals surface area (Å²) in [4.78, 5) is 17.0.